The minimum Gasteiger partial charge on any atom is -0.379 e. The number of carbonyl (C=O) groups excluding carboxylic acids is 1. The first-order valence-corrected chi connectivity index (χ1v) is 10.9. The third-order valence-electron chi connectivity index (χ3n) is 5.31. The van der Waals surface area contributed by atoms with Gasteiger partial charge in [0.1, 0.15) is 0 Å². The second kappa shape index (κ2) is 8.61. The van der Waals surface area contributed by atoms with Crippen LogP contribution in [-0.2, 0) is 18.2 Å². The summed E-state index contributed by atoms with van der Waals surface area (Å²) in [5.74, 6) is -0.0894. The van der Waals surface area contributed by atoms with Gasteiger partial charge in [0.05, 0.1) is 23.4 Å². The van der Waals surface area contributed by atoms with Crippen LogP contribution in [0.2, 0.25) is 0 Å². The van der Waals surface area contributed by atoms with Crippen molar-refractivity contribution in [3.05, 3.63) is 41.2 Å². The van der Waals surface area contributed by atoms with E-state index in [-0.39, 0.29) is 5.91 Å². The van der Waals surface area contributed by atoms with E-state index in [1.54, 1.807) is 20.9 Å². The number of rotatable bonds is 6. The van der Waals surface area contributed by atoms with E-state index in [0.717, 1.165) is 60.2 Å². The molecular formula is C21H27N5O2S. The SMILES string of the molecule is CCc1cccc2sc(N(CCN3CCOCC3)C(=O)c3nn(C)cc3C)nc12. The molecule has 2 aromatic heterocycles. The number of anilines is 1. The van der Waals surface area contributed by atoms with Crippen LogP contribution in [0.1, 0.15) is 28.5 Å². The van der Waals surface area contributed by atoms with Crippen molar-refractivity contribution in [1.82, 2.24) is 19.7 Å². The van der Waals surface area contributed by atoms with Gasteiger partial charge >= 0.3 is 0 Å². The van der Waals surface area contributed by atoms with E-state index in [0.29, 0.717) is 12.2 Å². The predicted molar refractivity (Wildman–Crippen MR) is 116 cm³/mol. The third kappa shape index (κ3) is 4.19. The minimum atomic E-state index is -0.0894. The number of ether oxygens (including phenoxy) is 1. The highest BCUT2D eigenvalue weighted by molar-refractivity contribution is 7.22. The second-order valence-corrected chi connectivity index (χ2v) is 8.37. The fourth-order valence-electron chi connectivity index (χ4n) is 3.69. The van der Waals surface area contributed by atoms with Crippen molar-refractivity contribution >= 4 is 32.6 Å². The Labute approximate surface area is 174 Å². The predicted octanol–water partition coefficient (Wildman–Crippen LogP) is 2.88. The molecule has 1 aliphatic rings. The molecule has 3 heterocycles. The summed E-state index contributed by atoms with van der Waals surface area (Å²) < 4.78 is 8.25. The van der Waals surface area contributed by atoms with Crippen LogP contribution in [0.4, 0.5) is 5.13 Å². The summed E-state index contributed by atoms with van der Waals surface area (Å²) in [4.78, 5) is 22.5. The van der Waals surface area contributed by atoms with Gasteiger partial charge in [0.15, 0.2) is 10.8 Å². The Morgan fingerprint density at radius 2 is 2.10 bits per heavy atom. The average Bonchev–Trinajstić information content (AvgIpc) is 3.31. The van der Waals surface area contributed by atoms with Gasteiger partial charge in [0.2, 0.25) is 0 Å². The van der Waals surface area contributed by atoms with Crippen molar-refractivity contribution in [3.8, 4) is 0 Å². The monoisotopic (exact) mass is 413 g/mol. The van der Waals surface area contributed by atoms with Crippen molar-refractivity contribution in [2.24, 2.45) is 7.05 Å². The van der Waals surface area contributed by atoms with Crippen LogP contribution in [0.15, 0.2) is 24.4 Å². The van der Waals surface area contributed by atoms with Crippen LogP contribution in [0.25, 0.3) is 10.2 Å². The molecule has 154 valence electrons. The molecule has 7 nitrogen and oxygen atoms in total. The first-order chi connectivity index (χ1) is 14.1. The van der Waals surface area contributed by atoms with E-state index in [9.17, 15) is 4.79 Å². The van der Waals surface area contributed by atoms with Gasteiger partial charge in [-0.1, -0.05) is 30.4 Å². The Morgan fingerprint density at radius 3 is 2.79 bits per heavy atom. The molecule has 1 fully saturated rings. The summed E-state index contributed by atoms with van der Waals surface area (Å²) in [6, 6.07) is 6.24. The molecule has 1 aliphatic heterocycles. The zero-order chi connectivity index (χ0) is 20.4. The third-order valence-corrected chi connectivity index (χ3v) is 6.35. The molecule has 1 saturated heterocycles. The van der Waals surface area contributed by atoms with Gasteiger partial charge < -0.3 is 4.74 Å². The number of hydrogen-bond donors (Lipinski definition) is 0. The molecule has 0 unspecified atom stereocenters. The molecule has 0 N–H and O–H groups in total. The van der Waals surface area contributed by atoms with E-state index in [4.69, 9.17) is 9.72 Å². The maximum Gasteiger partial charge on any atom is 0.280 e. The van der Waals surface area contributed by atoms with Crippen LogP contribution in [0.3, 0.4) is 0 Å². The number of aryl methyl sites for hydroxylation is 3. The number of nitrogens with zero attached hydrogens (tertiary/aromatic N) is 5. The van der Waals surface area contributed by atoms with Gasteiger partial charge in [-0.25, -0.2) is 4.98 Å². The summed E-state index contributed by atoms with van der Waals surface area (Å²) in [7, 11) is 1.84. The molecule has 0 spiro atoms. The first-order valence-electron chi connectivity index (χ1n) is 10.1. The van der Waals surface area contributed by atoms with Crippen LogP contribution >= 0.6 is 11.3 Å². The minimum absolute atomic E-state index is 0.0894. The lowest BCUT2D eigenvalue weighted by atomic mass is 10.1. The molecule has 29 heavy (non-hydrogen) atoms. The van der Waals surface area contributed by atoms with Crippen LogP contribution in [-0.4, -0.2) is 65.0 Å². The molecule has 0 aliphatic carbocycles. The van der Waals surface area contributed by atoms with Gasteiger partial charge in [-0.3, -0.25) is 19.3 Å². The summed E-state index contributed by atoms with van der Waals surface area (Å²) in [6.07, 6.45) is 2.79. The molecule has 0 radical (unpaired) electrons. The van der Waals surface area contributed by atoms with Gasteiger partial charge in [-0.2, -0.15) is 5.10 Å². The molecule has 0 saturated carbocycles. The maximum atomic E-state index is 13.5. The topological polar surface area (TPSA) is 63.5 Å². The van der Waals surface area contributed by atoms with E-state index in [1.807, 2.05) is 20.2 Å². The zero-order valence-electron chi connectivity index (χ0n) is 17.2. The van der Waals surface area contributed by atoms with Gasteiger partial charge in [0, 0.05) is 45.0 Å². The normalized spacial score (nSPS) is 15.1. The molecule has 0 bridgehead atoms. The quantitative estimate of drug-likeness (QED) is 0.622. The summed E-state index contributed by atoms with van der Waals surface area (Å²) in [5.41, 5.74) is 3.57. The Morgan fingerprint density at radius 1 is 1.31 bits per heavy atom. The molecule has 4 rings (SSSR count). The molecule has 1 amide bonds. The first kappa shape index (κ1) is 20.0. The smallest absolute Gasteiger partial charge is 0.280 e. The van der Waals surface area contributed by atoms with Gasteiger partial charge in [0.25, 0.3) is 5.91 Å². The molecule has 0 atom stereocenters. The van der Waals surface area contributed by atoms with E-state index >= 15 is 0 Å². The molecule has 3 aromatic rings. The summed E-state index contributed by atoms with van der Waals surface area (Å²) in [5, 5.41) is 5.15. The highest BCUT2D eigenvalue weighted by Gasteiger charge is 2.26. The number of para-hydroxylation sites is 1. The summed E-state index contributed by atoms with van der Waals surface area (Å²) >= 11 is 1.57. The number of aromatic nitrogens is 3. The van der Waals surface area contributed by atoms with E-state index in [1.165, 1.54) is 5.56 Å². The summed E-state index contributed by atoms with van der Waals surface area (Å²) in [6.45, 7) is 8.70. The average molecular weight is 414 g/mol. The number of morpholine rings is 1. The van der Waals surface area contributed by atoms with Gasteiger partial charge in [-0.15, -0.1) is 0 Å². The highest BCUT2D eigenvalue weighted by Crippen LogP contribution is 2.32. The number of fused-ring (bicyclic) bond motifs is 1. The number of thiazole rings is 1. The van der Waals surface area contributed by atoms with Crippen molar-refractivity contribution in [3.63, 3.8) is 0 Å². The molecular weight excluding hydrogens is 386 g/mol. The standard InChI is InChI=1S/C21H27N5O2S/c1-4-16-6-5-7-17-19(16)22-21(29-17)26(9-8-25-10-12-28-13-11-25)20(27)18-15(2)14-24(3)23-18/h5-7,14H,4,8-13H2,1-3H3. The Bertz CT molecular complexity index is 1010. The lowest BCUT2D eigenvalue weighted by Gasteiger charge is -2.29. The van der Waals surface area contributed by atoms with Crippen molar-refractivity contribution < 1.29 is 9.53 Å². The van der Waals surface area contributed by atoms with Gasteiger partial charge in [-0.05, 0) is 25.0 Å². The lowest BCUT2D eigenvalue weighted by Crippen LogP contribution is -2.43. The van der Waals surface area contributed by atoms with Crippen LogP contribution < -0.4 is 4.90 Å². The Kier molecular flexibility index (Phi) is 5.94. The fourth-order valence-corrected chi connectivity index (χ4v) is 4.73. The van der Waals surface area contributed by atoms with Crippen molar-refractivity contribution in [2.45, 2.75) is 20.3 Å². The molecule has 8 heteroatoms. The Balaban J connectivity index is 1.67. The van der Waals surface area contributed by atoms with Crippen molar-refractivity contribution in [2.75, 3.05) is 44.3 Å². The number of hydrogen-bond acceptors (Lipinski definition) is 6. The van der Waals surface area contributed by atoms with Crippen molar-refractivity contribution in [1.29, 1.82) is 0 Å². The highest BCUT2D eigenvalue weighted by atomic mass is 32.1. The van der Waals surface area contributed by atoms with E-state index in [2.05, 4.69) is 35.1 Å². The number of carbonyl (C=O) groups is 1. The fraction of sp³-hybridized carbons (Fsp3) is 0.476. The van der Waals surface area contributed by atoms with Crippen LogP contribution in [0.5, 0.6) is 0 Å². The Hall–Kier alpha value is -2.29. The zero-order valence-corrected chi connectivity index (χ0v) is 18.0. The molecule has 1 aromatic carbocycles. The van der Waals surface area contributed by atoms with Crippen LogP contribution in [0, 0.1) is 6.92 Å². The van der Waals surface area contributed by atoms with E-state index < -0.39 is 0 Å². The number of benzene rings is 1. The maximum absolute atomic E-state index is 13.5. The largest absolute Gasteiger partial charge is 0.379 e. The second-order valence-electron chi connectivity index (χ2n) is 7.36. The number of amides is 1. The lowest BCUT2D eigenvalue weighted by molar-refractivity contribution is 0.0391.